The van der Waals surface area contributed by atoms with Gasteiger partial charge in [-0.15, -0.1) is 10.2 Å². The van der Waals surface area contributed by atoms with Crippen LogP contribution in [0, 0.1) is 0 Å². The van der Waals surface area contributed by atoms with E-state index in [1.165, 1.54) is 11.8 Å². The highest BCUT2D eigenvalue weighted by atomic mass is 32.2. The van der Waals surface area contributed by atoms with Crippen molar-refractivity contribution in [2.75, 3.05) is 0 Å². The molecule has 7 heteroatoms. The van der Waals surface area contributed by atoms with Crippen LogP contribution in [-0.4, -0.2) is 47.9 Å². The molecule has 0 aliphatic carbocycles. The molecule has 0 unspecified atom stereocenters. The quantitative estimate of drug-likeness (QED) is 0.752. The lowest BCUT2D eigenvalue weighted by Gasteiger charge is -2.32. The van der Waals surface area contributed by atoms with E-state index in [-0.39, 0.29) is 23.2 Å². The summed E-state index contributed by atoms with van der Waals surface area (Å²) in [5, 5.41) is 9.01. The molecule has 1 atom stereocenters. The van der Waals surface area contributed by atoms with Crippen LogP contribution in [0.15, 0.2) is 29.7 Å². The molecule has 0 bridgehead atoms. The molecule has 6 nitrogen and oxygen atoms in total. The third kappa shape index (κ3) is 3.95. The zero-order valence-electron chi connectivity index (χ0n) is 15.1. The van der Waals surface area contributed by atoms with Gasteiger partial charge in [-0.3, -0.25) is 9.78 Å². The van der Waals surface area contributed by atoms with E-state index in [1.54, 1.807) is 12.4 Å². The van der Waals surface area contributed by atoms with Crippen LogP contribution >= 0.6 is 11.8 Å². The first-order chi connectivity index (χ1) is 11.3. The largest absolute Gasteiger partial charge is 0.337 e. The van der Waals surface area contributed by atoms with Crippen LogP contribution in [0.3, 0.4) is 0 Å². The summed E-state index contributed by atoms with van der Waals surface area (Å²) < 4.78 is 1.92. The second kappa shape index (κ2) is 7.79. The molecule has 1 amide bonds. The van der Waals surface area contributed by atoms with Crippen LogP contribution in [-0.2, 0) is 11.8 Å². The maximum Gasteiger partial charge on any atom is 0.236 e. The van der Waals surface area contributed by atoms with E-state index in [1.807, 2.05) is 63.3 Å². The van der Waals surface area contributed by atoms with Crippen molar-refractivity contribution in [3.63, 3.8) is 0 Å². The van der Waals surface area contributed by atoms with Crippen LogP contribution in [0.5, 0.6) is 0 Å². The Morgan fingerprint density at radius 2 is 1.67 bits per heavy atom. The number of nitrogens with zero attached hydrogens (tertiary/aromatic N) is 5. The number of amides is 1. The Balaban J connectivity index is 2.17. The predicted molar refractivity (Wildman–Crippen MR) is 96.7 cm³/mol. The standard InChI is InChI=1S/C17H25N5OS/c1-11(2)22(12(3)4)16(23)13(5)24-17-20-19-15(21(17)6)14-7-9-18-10-8-14/h7-13H,1-6H3/t13-/m1/s1. The molecule has 2 rings (SSSR count). The number of pyridine rings is 1. The smallest absolute Gasteiger partial charge is 0.236 e. The van der Waals surface area contributed by atoms with Crippen molar-refractivity contribution in [3.8, 4) is 11.4 Å². The van der Waals surface area contributed by atoms with Gasteiger partial charge in [-0.25, -0.2) is 0 Å². The number of rotatable bonds is 6. The summed E-state index contributed by atoms with van der Waals surface area (Å²) in [6, 6.07) is 4.14. The molecule has 0 aromatic carbocycles. The van der Waals surface area contributed by atoms with Gasteiger partial charge in [-0.1, -0.05) is 11.8 Å². The number of thioether (sulfide) groups is 1. The van der Waals surface area contributed by atoms with Crippen LogP contribution in [0.4, 0.5) is 0 Å². The van der Waals surface area contributed by atoms with Crippen molar-refractivity contribution < 1.29 is 4.79 Å². The molecule has 24 heavy (non-hydrogen) atoms. The van der Waals surface area contributed by atoms with Gasteiger partial charge in [0, 0.05) is 37.1 Å². The molecule has 2 aromatic rings. The summed E-state index contributed by atoms with van der Waals surface area (Å²) in [5.74, 6) is 0.891. The normalized spacial score (nSPS) is 12.7. The number of carbonyl (C=O) groups excluding carboxylic acids is 1. The first-order valence-corrected chi connectivity index (χ1v) is 8.99. The summed E-state index contributed by atoms with van der Waals surface area (Å²) in [6.45, 7) is 10.1. The first kappa shape index (κ1) is 18.4. The molecule has 0 saturated carbocycles. The van der Waals surface area contributed by atoms with E-state index in [0.717, 1.165) is 16.5 Å². The number of hydrogen-bond acceptors (Lipinski definition) is 5. The molecular formula is C17H25N5OS. The predicted octanol–water partition coefficient (Wildman–Crippen LogP) is 3.00. The fraction of sp³-hybridized carbons (Fsp3) is 0.529. The Morgan fingerprint density at radius 1 is 1.08 bits per heavy atom. The van der Waals surface area contributed by atoms with Gasteiger partial charge in [-0.2, -0.15) is 0 Å². The Morgan fingerprint density at radius 3 is 2.21 bits per heavy atom. The molecule has 2 aromatic heterocycles. The van der Waals surface area contributed by atoms with Gasteiger partial charge in [0.05, 0.1) is 5.25 Å². The molecule has 0 N–H and O–H groups in total. The van der Waals surface area contributed by atoms with Gasteiger partial charge in [0.15, 0.2) is 11.0 Å². The Bertz CT molecular complexity index is 676. The molecule has 0 spiro atoms. The lowest BCUT2D eigenvalue weighted by molar-refractivity contribution is -0.133. The zero-order chi connectivity index (χ0) is 17.9. The molecule has 2 heterocycles. The topological polar surface area (TPSA) is 63.9 Å². The number of aromatic nitrogens is 4. The van der Waals surface area contributed by atoms with Gasteiger partial charge in [0.1, 0.15) is 0 Å². The van der Waals surface area contributed by atoms with Crippen molar-refractivity contribution in [1.29, 1.82) is 0 Å². The van der Waals surface area contributed by atoms with Crippen molar-refractivity contribution in [2.45, 2.75) is 57.1 Å². The van der Waals surface area contributed by atoms with Crippen LogP contribution in [0.25, 0.3) is 11.4 Å². The lowest BCUT2D eigenvalue weighted by Crippen LogP contribution is -2.45. The summed E-state index contributed by atoms with van der Waals surface area (Å²) >= 11 is 1.44. The van der Waals surface area contributed by atoms with Gasteiger partial charge >= 0.3 is 0 Å². The molecule has 0 aliphatic rings. The highest BCUT2D eigenvalue weighted by molar-refractivity contribution is 8.00. The average Bonchev–Trinajstić information content (AvgIpc) is 2.88. The monoisotopic (exact) mass is 347 g/mol. The minimum Gasteiger partial charge on any atom is -0.337 e. The van der Waals surface area contributed by atoms with Gasteiger partial charge in [-0.05, 0) is 46.8 Å². The van der Waals surface area contributed by atoms with Crippen LogP contribution in [0.1, 0.15) is 34.6 Å². The SMILES string of the molecule is CC(C)N(C(=O)[C@@H](C)Sc1nnc(-c2ccncc2)n1C)C(C)C. The minimum absolute atomic E-state index is 0.124. The summed E-state index contributed by atoms with van der Waals surface area (Å²) in [7, 11) is 1.91. The highest BCUT2D eigenvalue weighted by Gasteiger charge is 2.27. The molecular weight excluding hydrogens is 322 g/mol. The maximum atomic E-state index is 12.8. The Hall–Kier alpha value is -1.89. The van der Waals surface area contributed by atoms with E-state index >= 15 is 0 Å². The Kier molecular flexibility index (Phi) is 5.99. The van der Waals surface area contributed by atoms with E-state index in [4.69, 9.17) is 0 Å². The summed E-state index contributed by atoms with van der Waals surface area (Å²) in [4.78, 5) is 18.7. The highest BCUT2D eigenvalue weighted by Crippen LogP contribution is 2.27. The molecule has 0 fully saturated rings. The van der Waals surface area contributed by atoms with Crippen LogP contribution in [0.2, 0.25) is 0 Å². The summed E-state index contributed by atoms with van der Waals surface area (Å²) in [5.41, 5.74) is 0.955. The second-order valence-electron chi connectivity index (χ2n) is 6.29. The Labute approximate surface area is 147 Å². The molecule has 0 aliphatic heterocycles. The van der Waals surface area contributed by atoms with E-state index < -0.39 is 0 Å². The van der Waals surface area contributed by atoms with Gasteiger partial charge in [0.25, 0.3) is 0 Å². The zero-order valence-corrected chi connectivity index (χ0v) is 15.9. The van der Waals surface area contributed by atoms with E-state index in [2.05, 4.69) is 15.2 Å². The molecule has 130 valence electrons. The third-order valence-electron chi connectivity index (χ3n) is 3.77. The fourth-order valence-electron chi connectivity index (χ4n) is 2.69. The van der Waals surface area contributed by atoms with E-state index in [0.29, 0.717) is 0 Å². The number of hydrogen-bond donors (Lipinski definition) is 0. The number of carbonyl (C=O) groups is 1. The van der Waals surface area contributed by atoms with Gasteiger partial charge in [0.2, 0.25) is 5.91 Å². The fourth-order valence-corrected chi connectivity index (χ4v) is 3.56. The lowest BCUT2D eigenvalue weighted by atomic mass is 10.2. The van der Waals surface area contributed by atoms with Gasteiger partial charge < -0.3 is 9.47 Å². The first-order valence-electron chi connectivity index (χ1n) is 8.11. The van der Waals surface area contributed by atoms with Crippen molar-refractivity contribution in [1.82, 2.24) is 24.6 Å². The maximum absolute atomic E-state index is 12.8. The van der Waals surface area contributed by atoms with Crippen molar-refractivity contribution in [2.24, 2.45) is 7.05 Å². The van der Waals surface area contributed by atoms with Crippen molar-refractivity contribution in [3.05, 3.63) is 24.5 Å². The van der Waals surface area contributed by atoms with Crippen LogP contribution < -0.4 is 0 Å². The van der Waals surface area contributed by atoms with Crippen molar-refractivity contribution >= 4 is 17.7 Å². The molecule has 0 saturated heterocycles. The molecule has 0 radical (unpaired) electrons. The van der Waals surface area contributed by atoms with E-state index in [9.17, 15) is 4.79 Å². The summed E-state index contributed by atoms with van der Waals surface area (Å²) in [6.07, 6.45) is 3.46. The minimum atomic E-state index is -0.219. The second-order valence-corrected chi connectivity index (χ2v) is 7.60. The average molecular weight is 347 g/mol. The third-order valence-corrected chi connectivity index (χ3v) is 4.89.